The van der Waals surface area contributed by atoms with Gasteiger partial charge in [-0.3, -0.25) is 19.1 Å². The van der Waals surface area contributed by atoms with Crippen molar-refractivity contribution in [1.29, 1.82) is 0 Å². The van der Waals surface area contributed by atoms with E-state index in [0.29, 0.717) is 38.1 Å². The number of alkyl carbamates (subject to hydrolysis) is 2. The van der Waals surface area contributed by atoms with E-state index >= 15 is 0 Å². The quantitative estimate of drug-likeness (QED) is 0.284. The lowest BCUT2D eigenvalue weighted by Gasteiger charge is -2.30. The first kappa shape index (κ1) is 36.9. The van der Waals surface area contributed by atoms with Crippen molar-refractivity contribution >= 4 is 39.9 Å². The smallest absolute Gasteiger partial charge is 0.408 e. The fraction of sp³-hybridized carbons (Fsp3) is 0.788. The highest BCUT2D eigenvalue weighted by molar-refractivity contribution is 7.91. The van der Waals surface area contributed by atoms with Crippen LogP contribution in [0.25, 0.3) is 0 Å². The van der Waals surface area contributed by atoms with Crippen LogP contribution in [0.3, 0.4) is 0 Å². The first-order chi connectivity index (χ1) is 23.2. The fourth-order valence-electron chi connectivity index (χ4n) is 6.74. The van der Waals surface area contributed by atoms with Crippen molar-refractivity contribution < 1.29 is 46.6 Å². The molecule has 15 nitrogen and oxygen atoms in total. The van der Waals surface area contributed by atoms with E-state index in [0.717, 1.165) is 25.7 Å². The Morgan fingerprint density at radius 1 is 1.06 bits per heavy atom. The molecule has 3 aliphatic carbocycles. The standard InChI is InChI=1S/C33H51N5O10S/c1-32(2,3)48-31(43)35-25-20-46-15-9-5-8-12-22-17-33(22,29(41)37-49(44,45)24-13-14-24)36-27(39)26-16-23(19-38(26)28(25)40)47-30(42)34-18-21-10-6-4-7-11-21/h8,12,21-26H,4-7,9-11,13-20H2,1-3H3,(H,34,42)(H,35,43)(H,36,39)(H,37,41)/b12-8-/t22?,23-,25-,26?,33?/m1/s1. The molecule has 0 bridgehead atoms. The highest BCUT2D eigenvalue weighted by Crippen LogP contribution is 2.46. The first-order valence-electron chi connectivity index (χ1n) is 17.5. The van der Waals surface area contributed by atoms with Crippen molar-refractivity contribution in [1.82, 2.24) is 25.6 Å². The Kier molecular flexibility index (Phi) is 11.5. The number of hydrogen-bond acceptors (Lipinski definition) is 10. The van der Waals surface area contributed by atoms with Gasteiger partial charge in [0.1, 0.15) is 29.3 Å². The average molecular weight is 710 g/mol. The number of sulfonamides is 1. The van der Waals surface area contributed by atoms with Crippen LogP contribution in [0, 0.1) is 11.8 Å². The molecule has 2 aliphatic heterocycles. The number of amides is 5. The molecule has 5 amide bonds. The molecular formula is C33H51N5O10S. The zero-order valence-corrected chi connectivity index (χ0v) is 29.5. The van der Waals surface area contributed by atoms with Crippen LogP contribution in [-0.4, -0.2) is 104 Å². The molecule has 5 aliphatic rings. The number of rotatable bonds is 7. The molecule has 274 valence electrons. The number of fused-ring (bicyclic) bond motifs is 2. The maximum atomic E-state index is 14.1. The van der Waals surface area contributed by atoms with Gasteiger partial charge in [-0.15, -0.1) is 0 Å². The van der Waals surface area contributed by atoms with Gasteiger partial charge in [0.15, 0.2) is 0 Å². The summed E-state index contributed by atoms with van der Waals surface area (Å²) in [5.74, 6) is -2.30. The number of carbonyl (C=O) groups excluding carboxylic acids is 5. The van der Waals surface area contributed by atoms with Crippen molar-refractivity contribution in [3.8, 4) is 0 Å². The normalized spacial score (nSPS) is 30.7. The van der Waals surface area contributed by atoms with Crippen LogP contribution in [0.4, 0.5) is 9.59 Å². The third-order valence-corrected chi connectivity index (χ3v) is 11.5. The van der Waals surface area contributed by atoms with Crippen molar-refractivity contribution in [2.24, 2.45) is 11.8 Å². The van der Waals surface area contributed by atoms with E-state index in [9.17, 15) is 32.4 Å². The largest absolute Gasteiger partial charge is 0.444 e. The maximum Gasteiger partial charge on any atom is 0.408 e. The molecule has 0 aromatic carbocycles. The van der Waals surface area contributed by atoms with Crippen molar-refractivity contribution in [3.05, 3.63) is 12.2 Å². The van der Waals surface area contributed by atoms with E-state index in [1.807, 2.05) is 6.08 Å². The van der Waals surface area contributed by atoms with Crippen LogP contribution in [0.15, 0.2) is 12.2 Å². The van der Waals surface area contributed by atoms with E-state index in [1.165, 1.54) is 11.3 Å². The Labute approximate surface area is 288 Å². The lowest BCUT2D eigenvalue weighted by atomic mass is 9.89. The first-order valence-corrected chi connectivity index (χ1v) is 19.1. The van der Waals surface area contributed by atoms with E-state index in [4.69, 9.17) is 14.2 Å². The van der Waals surface area contributed by atoms with Gasteiger partial charge < -0.3 is 35.1 Å². The third kappa shape index (κ3) is 9.86. The molecule has 2 heterocycles. The van der Waals surface area contributed by atoms with E-state index in [-0.39, 0.29) is 32.6 Å². The topological polar surface area (TPSA) is 199 Å². The minimum atomic E-state index is -3.90. The van der Waals surface area contributed by atoms with Gasteiger partial charge in [0.25, 0.3) is 5.91 Å². The number of allylic oxidation sites excluding steroid dienone is 1. The molecule has 0 radical (unpaired) electrons. The second kappa shape index (κ2) is 15.2. The van der Waals surface area contributed by atoms with Gasteiger partial charge in [-0.25, -0.2) is 18.0 Å². The summed E-state index contributed by atoms with van der Waals surface area (Å²) in [5, 5.41) is 7.52. The monoisotopic (exact) mass is 709 g/mol. The second-order valence-corrected chi connectivity index (χ2v) is 16.9. The predicted molar refractivity (Wildman–Crippen MR) is 176 cm³/mol. The molecular weight excluding hydrogens is 658 g/mol. The van der Waals surface area contributed by atoms with Gasteiger partial charge in [0, 0.05) is 25.5 Å². The SMILES string of the molecule is CC(C)(C)OC(=O)N[C@@H]1COCCC/C=C\C2CC2(C(=O)NS(=O)(=O)C2CC2)NC(=O)C2C[C@@H](OC(=O)NCC3CCCCC3)CN2C1=O. The zero-order chi connectivity index (χ0) is 35.4. The molecule has 5 rings (SSSR count). The number of ether oxygens (including phenoxy) is 3. The summed E-state index contributed by atoms with van der Waals surface area (Å²) < 4.78 is 44.4. The van der Waals surface area contributed by atoms with E-state index < -0.39 is 80.4 Å². The van der Waals surface area contributed by atoms with Crippen LogP contribution in [-0.2, 0) is 38.6 Å². The highest BCUT2D eigenvalue weighted by Gasteiger charge is 2.62. The van der Waals surface area contributed by atoms with Crippen LogP contribution < -0.4 is 20.7 Å². The lowest BCUT2D eigenvalue weighted by Crippen LogP contribution is -2.59. The Bertz CT molecular complexity index is 1400. The number of carbonyl (C=O) groups is 5. The Morgan fingerprint density at radius 2 is 1.80 bits per heavy atom. The maximum absolute atomic E-state index is 14.1. The molecule has 49 heavy (non-hydrogen) atoms. The Morgan fingerprint density at radius 3 is 2.49 bits per heavy atom. The number of nitrogens with zero attached hydrogens (tertiary/aromatic N) is 1. The van der Waals surface area contributed by atoms with Gasteiger partial charge >= 0.3 is 12.2 Å². The Hall–Kier alpha value is -3.40. The van der Waals surface area contributed by atoms with Crippen LogP contribution in [0.2, 0.25) is 0 Å². The van der Waals surface area contributed by atoms with Crippen LogP contribution in [0.1, 0.15) is 91.4 Å². The van der Waals surface area contributed by atoms with Gasteiger partial charge in [-0.05, 0) is 71.6 Å². The molecule has 0 aromatic rings. The summed E-state index contributed by atoms with van der Waals surface area (Å²) in [7, 11) is -3.90. The molecule has 5 atom stereocenters. The molecule has 1 saturated heterocycles. The number of nitrogens with one attached hydrogen (secondary N) is 4. The van der Waals surface area contributed by atoms with Crippen LogP contribution >= 0.6 is 0 Å². The second-order valence-electron chi connectivity index (χ2n) is 14.9. The average Bonchev–Trinajstić information content (AvgIpc) is 3.95. The Balaban J connectivity index is 1.36. The number of hydrogen-bond donors (Lipinski definition) is 4. The highest BCUT2D eigenvalue weighted by atomic mass is 32.2. The minimum absolute atomic E-state index is 0.0764. The lowest BCUT2D eigenvalue weighted by molar-refractivity contribution is -0.142. The molecule has 4 N–H and O–H groups in total. The van der Waals surface area contributed by atoms with Gasteiger partial charge in [0.05, 0.1) is 18.4 Å². The van der Waals surface area contributed by atoms with E-state index in [1.54, 1.807) is 26.8 Å². The molecule has 3 unspecified atom stereocenters. The predicted octanol–water partition coefficient (Wildman–Crippen LogP) is 2.01. The van der Waals surface area contributed by atoms with Gasteiger partial charge in [-0.1, -0.05) is 31.4 Å². The van der Waals surface area contributed by atoms with Crippen molar-refractivity contribution in [2.45, 2.75) is 126 Å². The summed E-state index contributed by atoms with van der Waals surface area (Å²) >= 11 is 0. The van der Waals surface area contributed by atoms with Gasteiger partial charge in [0.2, 0.25) is 21.8 Å². The molecule has 0 spiro atoms. The van der Waals surface area contributed by atoms with Crippen molar-refractivity contribution in [3.63, 3.8) is 0 Å². The molecule has 0 aromatic heterocycles. The summed E-state index contributed by atoms with van der Waals surface area (Å²) in [4.78, 5) is 68.5. The summed E-state index contributed by atoms with van der Waals surface area (Å²) in [6.45, 7) is 5.42. The van der Waals surface area contributed by atoms with Gasteiger partial charge in [-0.2, -0.15) is 0 Å². The van der Waals surface area contributed by atoms with Crippen molar-refractivity contribution in [2.75, 3.05) is 26.3 Å². The summed E-state index contributed by atoms with van der Waals surface area (Å²) in [5.41, 5.74) is -2.38. The zero-order valence-electron chi connectivity index (χ0n) is 28.7. The molecule has 16 heteroatoms. The van der Waals surface area contributed by atoms with Crippen LogP contribution in [0.5, 0.6) is 0 Å². The van der Waals surface area contributed by atoms with E-state index in [2.05, 4.69) is 20.7 Å². The summed E-state index contributed by atoms with van der Waals surface area (Å²) in [6, 6.07) is -2.44. The minimum Gasteiger partial charge on any atom is -0.444 e. The third-order valence-electron chi connectivity index (χ3n) is 9.65. The summed E-state index contributed by atoms with van der Waals surface area (Å²) in [6.07, 6.45) is 8.86. The molecule has 3 saturated carbocycles. The fourth-order valence-corrected chi connectivity index (χ4v) is 8.11. The molecule has 4 fully saturated rings.